The van der Waals surface area contributed by atoms with Gasteiger partial charge in [0.05, 0.1) is 0 Å². The van der Waals surface area contributed by atoms with Crippen LogP contribution in [0.5, 0.6) is 0 Å². The van der Waals surface area contributed by atoms with Crippen LogP contribution in [0.2, 0.25) is 5.02 Å². The summed E-state index contributed by atoms with van der Waals surface area (Å²) in [6.45, 7) is 5.32. The van der Waals surface area contributed by atoms with Gasteiger partial charge in [-0.1, -0.05) is 23.7 Å². The number of thiophene rings is 1. The third kappa shape index (κ3) is 6.92. The zero-order chi connectivity index (χ0) is 20.4. The summed E-state index contributed by atoms with van der Waals surface area (Å²) >= 11 is 7.19. The molecule has 0 atom stereocenters. The van der Waals surface area contributed by atoms with Crippen molar-refractivity contribution in [3.63, 3.8) is 0 Å². The molecule has 0 aliphatic carbocycles. The molecule has 0 radical (unpaired) electrons. The number of hydrogen-bond donors (Lipinski definition) is 2. The molecule has 2 N–H and O–H groups in total. The highest BCUT2D eigenvalue weighted by atomic mass is 35.5. The number of aromatic carboxylic acids is 1. The predicted molar refractivity (Wildman–Crippen MR) is 111 cm³/mol. The number of carboxylic acid groups (broad SMARTS) is 1. The Morgan fingerprint density at radius 3 is 2.04 bits per heavy atom. The largest absolute Gasteiger partial charge is 0.478 e. The van der Waals surface area contributed by atoms with Gasteiger partial charge in [0.1, 0.15) is 28.4 Å². The topological polar surface area (TPSA) is 79.5 Å². The van der Waals surface area contributed by atoms with Crippen LogP contribution in [0.15, 0.2) is 46.2 Å². The zero-order valence-electron chi connectivity index (χ0n) is 15.6. The van der Waals surface area contributed by atoms with Gasteiger partial charge in [-0.25, -0.2) is 4.79 Å². The van der Waals surface area contributed by atoms with E-state index in [1.165, 1.54) is 18.3 Å². The Morgan fingerprint density at radius 2 is 1.67 bits per heavy atom. The van der Waals surface area contributed by atoms with Crippen LogP contribution in [0.4, 0.5) is 5.00 Å². The Kier molecular flexibility index (Phi) is 9.33. The van der Waals surface area contributed by atoms with E-state index in [9.17, 15) is 9.90 Å². The lowest BCUT2D eigenvalue weighted by atomic mass is 10.0. The minimum absolute atomic E-state index is 0.305. The molecular weight excluding hydrogens is 386 g/mol. The Morgan fingerprint density at radius 1 is 1.15 bits per heavy atom. The van der Waals surface area contributed by atoms with Gasteiger partial charge < -0.3 is 19.6 Å². The van der Waals surface area contributed by atoms with Gasteiger partial charge >= 0.3 is 5.97 Å². The highest BCUT2D eigenvalue weighted by molar-refractivity contribution is 7.15. The number of furan rings is 1. The number of carbonyl (C=O) groups is 2. The lowest BCUT2D eigenvalue weighted by Crippen LogP contribution is -2.00. The van der Waals surface area contributed by atoms with Crippen molar-refractivity contribution in [3.8, 4) is 11.1 Å². The van der Waals surface area contributed by atoms with Gasteiger partial charge in [0.2, 0.25) is 0 Å². The van der Waals surface area contributed by atoms with E-state index in [2.05, 4.69) is 5.32 Å². The minimum Gasteiger partial charge on any atom is -0.478 e. The van der Waals surface area contributed by atoms with Gasteiger partial charge in [-0.2, -0.15) is 0 Å². The fraction of sp³-hybridized carbons (Fsp3) is 0.200. The van der Waals surface area contributed by atoms with E-state index in [1.54, 1.807) is 19.2 Å². The molecule has 0 unspecified atom stereocenters. The lowest BCUT2D eigenvalue weighted by molar-refractivity contribution is -0.106. The third-order valence-electron chi connectivity index (χ3n) is 3.26. The molecule has 3 aromatic rings. The first-order valence-electron chi connectivity index (χ1n) is 8.05. The summed E-state index contributed by atoms with van der Waals surface area (Å²) in [6.07, 6.45) is 0.750. The fourth-order valence-corrected chi connectivity index (χ4v) is 3.20. The molecule has 5 nitrogen and oxygen atoms in total. The number of carbonyl (C=O) groups excluding carboxylic acids is 1. The molecule has 27 heavy (non-hydrogen) atoms. The third-order valence-corrected chi connectivity index (χ3v) is 4.51. The van der Waals surface area contributed by atoms with E-state index in [0.29, 0.717) is 21.2 Å². The second-order valence-electron chi connectivity index (χ2n) is 5.31. The van der Waals surface area contributed by atoms with Crippen molar-refractivity contribution in [1.29, 1.82) is 0 Å². The average Bonchev–Trinajstić information content (AvgIpc) is 3.22. The van der Waals surface area contributed by atoms with Crippen molar-refractivity contribution in [2.24, 2.45) is 0 Å². The van der Waals surface area contributed by atoms with Gasteiger partial charge in [0.15, 0.2) is 0 Å². The van der Waals surface area contributed by atoms with Gasteiger partial charge in [0, 0.05) is 23.0 Å². The number of halogens is 1. The molecule has 7 heteroatoms. The summed E-state index contributed by atoms with van der Waals surface area (Å²) in [6, 6.07) is 11.0. The second-order valence-corrected chi connectivity index (χ2v) is 6.62. The summed E-state index contributed by atoms with van der Waals surface area (Å²) < 4.78 is 5.08. The molecule has 0 fully saturated rings. The quantitative estimate of drug-likeness (QED) is 0.527. The van der Waals surface area contributed by atoms with E-state index in [-0.39, 0.29) is 0 Å². The van der Waals surface area contributed by atoms with Crippen molar-refractivity contribution in [2.45, 2.75) is 20.8 Å². The fourth-order valence-electron chi connectivity index (χ4n) is 2.15. The Labute approximate surface area is 167 Å². The Bertz CT molecular complexity index is 852. The minimum atomic E-state index is -0.930. The van der Waals surface area contributed by atoms with Crippen LogP contribution in [0.25, 0.3) is 11.1 Å². The molecule has 0 saturated heterocycles. The van der Waals surface area contributed by atoms with Gasteiger partial charge in [-0.05, 0) is 50.6 Å². The number of anilines is 1. The van der Waals surface area contributed by atoms with Crippen LogP contribution in [-0.2, 0) is 4.79 Å². The SMILES string of the molecule is CC=O.CNc1scc(-c2ccc(Cl)cc2)c1C(=O)O.Cc1ccc(C)o1. The number of aryl methyl sites for hydroxylation is 2. The normalized spacial score (nSPS) is 9.37. The molecule has 2 heterocycles. The number of nitrogens with one attached hydrogen (secondary N) is 1. The monoisotopic (exact) mass is 407 g/mol. The van der Waals surface area contributed by atoms with Gasteiger partial charge in [0.25, 0.3) is 0 Å². The highest BCUT2D eigenvalue weighted by Gasteiger charge is 2.18. The first-order chi connectivity index (χ1) is 12.8. The number of hydrogen-bond acceptors (Lipinski definition) is 5. The van der Waals surface area contributed by atoms with Crippen LogP contribution in [-0.4, -0.2) is 24.4 Å². The maximum atomic E-state index is 11.2. The maximum absolute atomic E-state index is 11.2. The van der Waals surface area contributed by atoms with Gasteiger partial charge in [-0.3, -0.25) is 0 Å². The number of rotatable bonds is 3. The number of benzene rings is 1. The molecule has 0 bridgehead atoms. The summed E-state index contributed by atoms with van der Waals surface area (Å²) in [7, 11) is 1.71. The summed E-state index contributed by atoms with van der Waals surface area (Å²) in [5.41, 5.74) is 1.87. The smallest absolute Gasteiger partial charge is 0.339 e. The zero-order valence-corrected chi connectivity index (χ0v) is 17.1. The Balaban J connectivity index is 0.000000301. The van der Waals surface area contributed by atoms with Crippen LogP contribution in [0.3, 0.4) is 0 Å². The molecule has 0 amide bonds. The van der Waals surface area contributed by atoms with Crippen LogP contribution in [0, 0.1) is 13.8 Å². The standard InChI is InChI=1S/C12H10ClNO2S.C6H8O.C2H4O/c1-14-11-10(12(15)16)9(6-17-11)7-2-4-8(13)5-3-7;1-5-3-4-6(2)7-5;1-2-3/h2-6,14H,1H3,(H,15,16);3-4H,1-2H3;2H,1H3. The number of carboxylic acids is 1. The van der Waals surface area contributed by atoms with Crippen molar-refractivity contribution in [1.82, 2.24) is 0 Å². The summed E-state index contributed by atoms with van der Waals surface area (Å²) in [5.74, 6) is 1.04. The molecule has 0 saturated carbocycles. The van der Waals surface area contributed by atoms with E-state index >= 15 is 0 Å². The van der Waals surface area contributed by atoms with E-state index in [4.69, 9.17) is 20.8 Å². The second kappa shape index (κ2) is 11.2. The van der Waals surface area contributed by atoms with Crippen molar-refractivity contribution in [3.05, 3.63) is 63.9 Å². The highest BCUT2D eigenvalue weighted by Crippen LogP contribution is 2.35. The molecule has 0 aliphatic rings. The van der Waals surface area contributed by atoms with Gasteiger partial charge in [-0.15, -0.1) is 11.3 Å². The molecule has 2 aromatic heterocycles. The maximum Gasteiger partial charge on any atom is 0.339 e. The first-order valence-corrected chi connectivity index (χ1v) is 9.31. The first kappa shape index (κ1) is 22.5. The lowest BCUT2D eigenvalue weighted by Gasteiger charge is -2.03. The van der Waals surface area contributed by atoms with E-state index < -0.39 is 5.97 Å². The van der Waals surface area contributed by atoms with Crippen molar-refractivity contribution < 1.29 is 19.1 Å². The van der Waals surface area contributed by atoms with E-state index in [0.717, 1.165) is 23.4 Å². The molecule has 3 rings (SSSR count). The predicted octanol–water partition coefficient (Wildman–Crippen LogP) is 5.91. The van der Waals surface area contributed by atoms with Crippen molar-refractivity contribution >= 4 is 40.2 Å². The summed E-state index contributed by atoms with van der Waals surface area (Å²) in [4.78, 5) is 20.0. The molecule has 0 aliphatic heterocycles. The molecular formula is C20H22ClNO4S. The molecule has 144 valence electrons. The van der Waals surface area contributed by atoms with Crippen LogP contribution >= 0.6 is 22.9 Å². The number of aldehydes is 1. The van der Waals surface area contributed by atoms with Crippen molar-refractivity contribution in [2.75, 3.05) is 12.4 Å². The average molecular weight is 408 g/mol. The van der Waals surface area contributed by atoms with Crippen LogP contribution < -0.4 is 5.32 Å². The van der Waals surface area contributed by atoms with Crippen LogP contribution in [0.1, 0.15) is 28.8 Å². The van der Waals surface area contributed by atoms with E-state index in [1.807, 2.05) is 43.5 Å². The Hall–Kier alpha value is -2.57. The summed E-state index contributed by atoms with van der Waals surface area (Å²) in [5, 5.41) is 15.2. The molecule has 0 spiro atoms. The molecule has 1 aromatic carbocycles.